The number of carbonyl (C=O) groups excluding carboxylic acids is 1. The van der Waals surface area contributed by atoms with Crippen molar-refractivity contribution < 1.29 is 9.53 Å². The molecule has 0 bridgehead atoms. The molecule has 1 unspecified atom stereocenters. The normalized spacial score (nSPS) is 12.4. The molecule has 0 aromatic rings. The van der Waals surface area contributed by atoms with E-state index in [1.165, 1.54) is 44.9 Å². The molecule has 0 aliphatic carbocycles. The number of unbranched alkanes of at least 4 members (excludes halogenated alkanes) is 8. The molecule has 0 aromatic carbocycles. The van der Waals surface area contributed by atoms with Gasteiger partial charge in [0.2, 0.25) is 0 Å². The van der Waals surface area contributed by atoms with E-state index in [4.69, 9.17) is 4.74 Å². The number of carbonyl (C=O) groups is 1. The van der Waals surface area contributed by atoms with Gasteiger partial charge in [-0.1, -0.05) is 78.6 Å². The van der Waals surface area contributed by atoms with Crippen molar-refractivity contribution in [2.24, 2.45) is 5.92 Å². The largest absolute Gasteiger partial charge is 0.465 e. The van der Waals surface area contributed by atoms with Crippen molar-refractivity contribution in [2.45, 2.75) is 91.4 Å². The summed E-state index contributed by atoms with van der Waals surface area (Å²) >= 11 is 0. The molecule has 0 aromatic heterocycles. The van der Waals surface area contributed by atoms with Crippen LogP contribution in [-0.4, -0.2) is 12.6 Å². The summed E-state index contributed by atoms with van der Waals surface area (Å²) in [5, 5.41) is 0. The lowest BCUT2D eigenvalue weighted by atomic mass is 10.1. The second-order valence-corrected chi connectivity index (χ2v) is 5.69. The highest BCUT2D eigenvalue weighted by Crippen LogP contribution is 2.11. The first kappa shape index (κ1) is 18.5. The monoisotopic (exact) mass is 270 g/mol. The molecular formula is C17H34O2. The second kappa shape index (κ2) is 13.9. The Labute approximate surface area is 120 Å². The van der Waals surface area contributed by atoms with E-state index in [2.05, 4.69) is 13.8 Å². The Morgan fingerprint density at radius 3 is 1.95 bits per heavy atom. The van der Waals surface area contributed by atoms with Crippen molar-refractivity contribution in [2.75, 3.05) is 6.61 Å². The molecule has 0 radical (unpaired) electrons. The van der Waals surface area contributed by atoms with Crippen LogP contribution in [0.1, 0.15) is 91.4 Å². The summed E-state index contributed by atoms with van der Waals surface area (Å²) in [6, 6.07) is 0. The van der Waals surface area contributed by atoms with Gasteiger partial charge in [0.25, 0.3) is 0 Å². The quantitative estimate of drug-likeness (QED) is 0.326. The summed E-state index contributed by atoms with van der Waals surface area (Å²) < 4.78 is 5.31. The van der Waals surface area contributed by atoms with Crippen LogP contribution in [0.3, 0.4) is 0 Å². The average molecular weight is 270 g/mol. The van der Waals surface area contributed by atoms with E-state index in [1.54, 1.807) is 0 Å². The molecular weight excluding hydrogens is 236 g/mol. The highest BCUT2D eigenvalue weighted by atomic mass is 16.5. The molecule has 0 aliphatic heterocycles. The molecule has 0 N–H and O–H groups in total. The van der Waals surface area contributed by atoms with Gasteiger partial charge in [-0.25, -0.2) is 0 Å². The van der Waals surface area contributed by atoms with Gasteiger partial charge < -0.3 is 4.74 Å². The van der Waals surface area contributed by atoms with Crippen molar-refractivity contribution >= 4 is 5.97 Å². The van der Waals surface area contributed by atoms with E-state index in [9.17, 15) is 4.79 Å². The molecule has 0 spiro atoms. The molecule has 0 saturated carbocycles. The predicted molar refractivity (Wildman–Crippen MR) is 82.3 cm³/mol. The lowest BCUT2D eigenvalue weighted by Gasteiger charge is -2.10. The first-order chi connectivity index (χ1) is 9.22. The Kier molecular flexibility index (Phi) is 13.5. The third-order valence-corrected chi connectivity index (χ3v) is 3.64. The van der Waals surface area contributed by atoms with Gasteiger partial charge in [-0.3, -0.25) is 4.79 Å². The predicted octanol–water partition coefficient (Wildman–Crippen LogP) is 5.50. The first-order valence-electron chi connectivity index (χ1n) is 8.39. The molecule has 0 rings (SSSR count). The molecule has 2 heteroatoms. The SMILES string of the molecule is CCCCCCCCCCOC(=O)C(C)CCCC. The van der Waals surface area contributed by atoms with Gasteiger partial charge in [-0.2, -0.15) is 0 Å². The van der Waals surface area contributed by atoms with E-state index in [-0.39, 0.29) is 11.9 Å². The zero-order valence-corrected chi connectivity index (χ0v) is 13.4. The maximum Gasteiger partial charge on any atom is 0.308 e. The van der Waals surface area contributed by atoms with Gasteiger partial charge in [-0.05, 0) is 12.8 Å². The van der Waals surface area contributed by atoms with Crippen molar-refractivity contribution in [3.63, 3.8) is 0 Å². The summed E-state index contributed by atoms with van der Waals surface area (Å²) in [6.07, 6.45) is 13.5. The standard InChI is InChI=1S/C17H34O2/c1-4-6-8-9-10-11-12-13-15-19-17(18)16(3)14-7-5-2/h16H,4-15H2,1-3H3. The summed E-state index contributed by atoms with van der Waals surface area (Å²) in [7, 11) is 0. The third kappa shape index (κ3) is 12.3. The number of esters is 1. The van der Waals surface area contributed by atoms with Crippen LogP contribution in [0, 0.1) is 5.92 Å². The molecule has 1 atom stereocenters. The number of rotatable bonds is 13. The van der Waals surface area contributed by atoms with Gasteiger partial charge in [0.1, 0.15) is 0 Å². The van der Waals surface area contributed by atoms with Crippen molar-refractivity contribution in [1.82, 2.24) is 0 Å². The lowest BCUT2D eigenvalue weighted by molar-refractivity contribution is -0.148. The molecule has 19 heavy (non-hydrogen) atoms. The number of ether oxygens (including phenoxy) is 1. The lowest BCUT2D eigenvalue weighted by Crippen LogP contribution is -2.15. The highest BCUT2D eigenvalue weighted by molar-refractivity contribution is 5.71. The molecule has 114 valence electrons. The minimum atomic E-state index is -0.00334. The zero-order chi connectivity index (χ0) is 14.3. The molecule has 2 nitrogen and oxygen atoms in total. The van der Waals surface area contributed by atoms with Crippen LogP contribution in [0.4, 0.5) is 0 Å². The molecule has 0 amide bonds. The van der Waals surface area contributed by atoms with Crippen molar-refractivity contribution in [3.05, 3.63) is 0 Å². The smallest absolute Gasteiger partial charge is 0.308 e. The van der Waals surface area contributed by atoms with Gasteiger partial charge in [-0.15, -0.1) is 0 Å². The fraction of sp³-hybridized carbons (Fsp3) is 0.941. The van der Waals surface area contributed by atoms with Crippen molar-refractivity contribution in [3.8, 4) is 0 Å². The zero-order valence-electron chi connectivity index (χ0n) is 13.4. The van der Waals surface area contributed by atoms with Crippen LogP contribution < -0.4 is 0 Å². The topological polar surface area (TPSA) is 26.3 Å². The molecule has 0 saturated heterocycles. The van der Waals surface area contributed by atoms with Gasteiger partial charge in [0, 0.05) is 0 Å². The van der Waals surface area contributed by atoms with Crippen LogP contribution in [-0.2, 0) is 9.53 Å². The Morgan fingerprint density at radius 1 is 0.842 bits per heavy atom. The minimum Gasteiger partial charge on any atom is -0.465 e. The fourth-order valence-electron chi connectivity index (χ4n) is 2.18. The Balaban J connectivity index is 3.27. The fourth-order valence-corrected chi connectivity index (χ4v) is 2.18. The Morgan fingerprint density at radius 2 is 1.37 bits per heavy atom. The minimum absolute atomic E-state index is 0.00334. The highest BCUT2D eigenvalue weighted by Gasteiger charge is 2.12. The van der Waals surface area contributed by atoms with Crippen LogP contribution >= 0.6 is 0 Å². The van der Waals surface area contributed by atoms with Gasteiger partial charge >= 0.3 is 5.97 Å². The summed E-state index contributed by atoms with van der Waals surface area (Å²) in [4.78, 5) is 11.6. The van der Waals surface area contributed by atoms with E-state index >= 15 is 0 Å². The maximum absolute atomic E-state index is 11.6. The van der Waals surface area contributed by atoms with Gasteiger partial charge in [0.05, 0.1) is 12.5 Å². The number of hydrogen-bond donors (Lipinski definition) is 0. The van der Waals surface area contributed by atoms with Crippen molar-refractivity contribution in [1.29, 1.82) is 0 Å². The summed E-state index contributed by atoms with van der Waals surface area (Å²) in [5.74, 6) is 0.0744. The number of hydrogen-bond acceptors (Lipinski definition) is 2. The summed E-state index contributed by atoms with van der Waals surface area (Å²) in [5.41, 5.74) is 0. The van der Waals surface area contributed by atoms with E-state index < -0.39 is 0 Å². The molecule has 0 heterocycles. The van der Waals surface area contributed by atoms with E-state index in [1.807, 2.05) is 6.92 Å². The Bertz CT molecular complexity index is 201. The first-order valence-corrected chi connectivity index (χ1v) is 8.39. The molecule has 0 fully saturated rings. The third-order valence-electron chi connectivity index (χ3n) is 3.64. The van der Waals surface area contributed by atoms with Crippen LogP contribution in [0.5, 0.6) is 0 Å². The maximum atomic E-state index is 11.6. The second-order valence-electron chi connectivity index (χ2n) is 5.69. The summed E-state index contributed by atoms with van der Waals surface area (Å²) in [6.45, 7) is 6.99. The van der Waals surface area contributed by atoms with Crippen LogP contribution in [0.2, 0.25) is 0 Å². The van der Waals surface area contributed by atoms with Crippen LogP contribution in [0.15, 0.2) is 0 Å². The Hall–Kier alpha value is -0.530. The van der Waals surface area contributed by atoms with Gasteiger partial charge in [0.15, 0.2) is 0 Å². The van der Waals surface area contributed by atoms with E-state index in [0.29, 0.717) is 6.61 Å². The molecule has 0 aliphatic rings. The average Bonchev–Trinajstić information content (AvgIpc) is 2.42. The van der Waals surface area contributed by atoms with Crippen LogP contribution in [0.25, 0.3) is 0 Å². The van der Waals surface area contributed by atoms with E-state index in [0.717, 1.165) is 25.7 Å².